The fraction of sp³-hybridized carbons (Fsp3) is 0.312. The van der Waals surface area contributed by atoms with Gasteiger partial charge in [0, 0.05) is 17.5 Å². The molecule has 1 aromatic carbocycles. The van der Waals surface area contributed by atoms with Crippen LogP contribution in [-0.4, -0.2) is 11.1 Å². The molecular formula is C16H19NO2S. The van der Waals surface area contributed by atoms with Gasteiger partial charge in [-0.1, -0.05) is 29.8 Å². The lowest BCUT2D eigenvalue weighted by molar-refractivity contribution is 0.0702. The first-order valence-electron chi connectivity index (χ1n) is 6.60. The van der Waals surface area contributed by atoms with E-state index in [1.165, 1.54) is 22.5 Å². The van der Waals surface area contributed by atoms with Crippen LogP contribution in [0.2, 0.25) is 0 Å². The van der Waals surface area contributed by atoms with Crippen LogP contribution in [0.4, 0.5) is 0 Å². The maximum Gasteiger partial charge on any atom is 0.345 e. The molecule has 0 aliphatic rings. The minimum absolute atomic E-state index is 0.238. The van der Waals surface area contributed by atoms with Gasteiger partial charge in [0.15, 0.2) is 0 Å². The highest BCUT2D eigenvalue weighted by atomic mass is 32.1. The predicted octanol–water partition coefficient (Wildman–Crippen LogP) is 3.91. The van der Waals surface area contributed by atoms with Crippen LogP contribution in [0.15, 0.2) is 30.3 Å². The molecule has 2 aromatic rings. The molecule has 0 saturated carbocycles. The maximum absolute atomic E-state index is 11.0. The average molecular weight is 289 g/mol. The second-order valence-corrected chi connectivity index (χ2v) is 6.27. The minimum atomic E-state index is -0.851. The van der Waals surface area contributed by atoms with E-state index >= 15 is 0 Å². The first-order valence-corrected chi connectivity index (χ1v) is 7.41. The third-order valence-electron chi connectivity index (χ3n) is 3.37. The summed E-state index contributed by atoms with van der Waals surface area (Å²) < 4.78 is 0. The van der Waals surface area contributed by atoms with Gasteiger partial charge in [0.05, 0.1) is 0 Å². The molecule has 1 heterocycles. The van der Waals surface area contributed by atoms with Crippen LogP contribution >= 0.6 is 11.3 Å². The number of nitrogens with one attached hydrogen (secondary N) is 1. The van der Waals surface area contributed by atoms with Crippen LogP contribution in [0.25, 0.3) is 0 Å². The zero-order valence-electron chi connectivity index (χ0n) is 11.9. The topological polar surface area (TPSA) is 49.3 Å². The normalized spacial score (nSPS) is 12.3. The van der Waals surface area contributed by atoms with E-state index in [4.69, 9.17) is 5.11 Å². The van der Waals surface area contributed by atoms with Crippen molar-refractivity contribution in [3.05, 3.63) is 56.8 Å². The number of aryl methyl sites for hydroxylation is 2. The van der Waals surface area contributed by atoms with E-state index in [9.17, 15) is 4.79 Å². The van der Waals surface area contributed by atoms with Crippen LogP contribution in [-0.2, 0) is 6.54 Å². The molecule has 0 aliphatic heterocycles. The molecule has 0 fully saturated rings. The largest absolute Gasteiger partial charge is 0.477 e. The van der Waals surface area contributed by atoms with Gasteiger partial charge < -0.3 is 10.4 Å². The van der Waals surface area contributed by atoms with Crippen molar-refractivity contribution in [3.8, 4) is 0 Å². The van der Waals surface area contributed by atoms with Crippen molar-refractivity contribution in [1.29, 1.82) is 0 Å². The van der Waals surface area contributed by atoms with Crippen LogP contribution in [0.5, 0.6) is 0 Å². The van der Waals surface area contributed by atoms with Crippen LogP contribution in [0.1, 0.15) is 44.2 Å². The number of carboxylic acids is 1. The third kappa shape index (κ3) is 3.46. The number of benzene rings is 1. The Bertz CT molecular complexity index is 619. The molecule has 106 valence electrons. The van der Waals surface area contributed by atoms with Gasteiger partial charge >= 0.3 is 5.97 Å². The molecule has 20 heavy (non-hydrogen) atoms. The van der Waals surface area contributed by atoms with Crippen molar-refractivity contribution in [3.63, 3.8) is 0 Å². The van der Waals surface area contributed by atoms with E-state index in [1.807, 2.05) is 6.92 Å². The average Bonchev–Trinajstić information content (AvgIpc) is 2.77. The molecule has 0 unspecified atom stereocenters. The fourth-order valence-electron chi connectivity index (χ4n) is 2.12. The smallest absolute Gasteiger partial charge is 0.345 e. The van der Waals surface area contributed by atoms with Crippen LogP contribution < -0.4 is 5.32 Å². The second-order valence-electron chi connectivity index (χ2n) is 5.01. The first-order chi connectivity index (χ1) is 9.47. The number of rotatable bonds is 5. The summed E-state index contributed by atoms with van der Waals surface area (Å²) in [6, 6.07) is 10.4. The summed E-state index contributed by atoms with van der Waals surface area (Å²) in [5.74, 6) is -0.851. The fourth-order valence-corrected chi connectivity index (χ4v) is 3.00. The quantitative estimate of drug-likeness (QED) is 0.877. The van der Waals surface area contributed by atoms with E-state index in [0.717, 1.165) is 10.4 Å². The standard InChI is InChI=1S/C16H19NO2S/c1-10-5-4-6-13(7-10)11(2)17-9-14-8-15(16(18)19)20-12(14)3/h4-8,11,17H,9H2,1-3H3,(H,18,19)/t11-/m1/s1. The molecule has 0 amide bonds. The SMILES string of the molecule is Cc1cccc([C@@H](C)NCc2cc(C(=O)O)sc2C)c1. The van der Waals surface area contributed by atoms with E-state index in [0.29, 0.717) is 11.4 Å². The van der Waals surface area contributed by atoms with E-state index in [-0.39, 0.29) is 6.04 Å². The summed E-state index contributed by atoms with van der Waals surface area (Å²) in [6.45, 7) is 6.85. The molecule has 1 aromatic heterocycles. The highest BCUT2D eigenvalue weighted by molar-refractivity contribution is 7.14. The van der Waals surface area contributed by atoms with E-state index in [2.05, 4.69) is 43.4 Å². The first kappa shape index (κ1) is 14.8. The van der Waals surface area contributed by atoms with Gasteiger partial charge in [0.2, 0.25) is 0 Å². The number of hydrogen-bond donors (Lipinski definition) is 2. The van der Waals surface area contributed by atoms with Crippen molar-refractivity contribution in [2.45, 2.75) is 33.4 Å². The Hall–Kier alpha value is -1.65. The highest BCUT2D eigenvalue weighted by Crippen LogP contribution is 2.22. The Morgan fingerprint density at radius 1 is 1.35 bits per heavy atom. The molecule has 0 saturated heterocycles. The molecule has 4 heteroatoms. The summed E-state index contributed by atoms with van der Waals surface area (Å²) in [5, 5.41) is 12.4. The lowest BCUT2D eigenvalue weighted by Gasteiger charge is -2.14. The highest BCUT2D eigenvalue weighted by Gasteiger charge is 2.12. The minimum Gasteiger partial charge on any atom is -0.477 e. The Morgan fingerprint density at radius 2 is 2.10 bits per heavy atom. The van der Waals surface area contributed by atoms with Gasteiger partial charge in [-0.05, 0) is 38.0 Å². The number of thiophene rings is 1. The van der Waals surface area contributed by atoms with Crippen molar-refractivity contribution in [1.82, 2.24) is 5.32 Å². The monoisotopic (exact) mass is 289 g/mol. The molecule has 2 rings (SSSR count). The molecular weight excluding hydrogens is 270 g/mol. The third-order valence-corrected chi connectivity index (χ3v) is 4.45. The van der Waals surface area contributed by atoms with Crippen LogP contribution in [0, 0.1) is 13.8 Å². The van der Waals surface area contributed by atoms with Gasteiger partial charge in [0.1, 0.15) is 4.88 Å². The Kier molecular flexibility index (Phi) is 4.57. The summed E-state index contributed by atoms with van der Waals surface area (Å²) in [5.41, 5.74) is 3.55. The summed E-state index contributed by atoms with van der Waals surface area (Å²) in [6.07, 6.45) is 0. The van der Waals surface area contributed by atoms with E-state index in [1.54, 1.807) is 6.07 Å². The second kappa shape index (κ2) is 6.20. The molecule has 2 N–H and O–H groups in total. The molecule has 3 nitrogen and oxygen atoms in total. The maximum atomic E-state index is 11.0. The van der Waals surface area contributed by atoms with Gasteiger partial charge in [-0.3, -0.25) is 0 Å². The van der Waals surface area contributed by atoms with Crippen molar-refractivity contribution < 1.29 is 9.90 Å². The molecule has 0 spiro atoms. The molecule has 0 bridgehead atoms. The number of aromatic carboxylic acids is 1. The number of carbonyl (C=O) groups is 1. The van der Waals surface area contributed by atoms with Crippen LogP contribution in [0.3, 0.4) is 0 Å². The zero-order chi connectivity index (χ0) is 14.7. The Balaban J connectivity index is 2.03. The number of hydrogen-bond acceptors (Lipinski definition) is 3. The predicted molar refractivity (Wildman–Crippen MR) is 82.4 cm³/mol. The Morgan fingerprint density at radius 3 is 2.70 bits per heavy atom. The zero-order valence-corrected chi connectivity index (χ0v) is 12.8. The lowest BCUT2D eigenvalue weighted by Crippen LogP contribution is -2.18. The van der Waals surface area contributed by atoms with Crippen molar-refractivity contribution in [2.75, 3.05) is 0 Å². The summed E-state index contributed by atoms with van der Waals surface area (Å²) >= 11 is 1.33. The van der Waals surface area contributed by atoms with Gasteiger partial charge in [-0.15, -0.1) is 11.3 Å². The van der Waals surface area contributed by atoms with Crippen molar-refractivity contribution in [2.24, 2.45) is 0 Å². The van der Waals surface area contributed by atoms with Gasteiger partial charge in [-0.2, -0.15) is 0 Å². The van der Waals surface area contributed by atoms with Gasteiger partial charge in [-0.25, -0.2) is 4.79 Å². The summed E-state index contributed by atoms with van der Waals surface area (Å²) in [7, 11) is 0. The molecule has 0 radical (unpaired) electrons. The summed E-state index contributed by atoms with van der Waals surface area (Å²) in [4.78, 5) is 12.4. The molecule has 0 aliphatic carbocycles. The lowest BCUT2D eigenvalue weighted by atomic mass is 10.1. The Labute approximate surface area is 123 Å². The van der Waals surface area contributed by atoms with Gasteiger partial charge in [0.25, 0.3) is 0 Å². The number of carboxylic acid groups (broad SMARTS) is 1. The van der Waals surface area contributed by atoms with E-state index < -0.39 is 5.97 Å². The molecule has 1 atom stereocenters. The van der Waals surface area contributed by atoms with Crippen molar-refractivity contribution >= 4 is 17.3 Å².